The Morgan fingerprint density at radius 1 is 1.19 bits per heavy atom. The third-order valence-electron chi connectivity index (χ3n) is 4.55. The number of carbonyl (C=O) groups excluding carboxylic acids is 1. The van der Waals surface area contributed by atoms with Gasteiger partial charge in [-0.05, 0) is 36.4 Å². The summed E-state index contributed by atoms with van der Waals surface area (Å²) in [5, 5.41) is 1.36. The molecule has 1 aromatic heterocycles. The van der Waals surface area contributed by atoms with E-state index in [1.807, 2.05) is 34.9 Å². The molecule has 0 spiro atoms. The Hall–Kier alpha value is -3.34. The maximum absolute atomic E-state index is 13.9. The number of rotatable bonds is 4. The van der Waals surface area contributed by atoms with E-state index in [1.54, 1.807) is 19.2 Å². The number of fused-ring (bicyclic) bond motifs is 3. The first kappa shape index (κ1) is 16.1. The van der Waals surface area contributed by atoms with Crippen LogP contribution in [0.2, 0.25) is 0 Å². The molecule has 4 nitrogen and oxygen atoms in total. The van der Waals surface area contributed by atoms with Crippen molar-refractivity contribution < 1.29 is 13.9 Å². The van der Waals surface area contributed by atoms with E-state index in [-0.39, 0.29) is 5.82 Å². The molecule has 4 aromatic rings. The number of nitrogens with two attached hydrogens (primary N) is 1. The van der Waals surface area contributed by atoms with Crippen LogP contribution in [-0.4, -0.2) is 17.6 Å². The van der Waals surface area contributed by atoms with E-state index in [0.29, 0.717) is 28.4 Å². The van der Waals surface area contributed by atoms with Crippen molar-refractivity contribution in [3.63, 3.8) is 0 Å². The first-order valence-corrected chi connectivity index (χ1v) is 8.14. The third-order valence-corrected chi connectivity index (χ3v) is 4.55. The van der Waals surface area contributed by atoms with Gasteiger partial charge in [-0.1, -0.05) is 24.3 Å². The van der Waals surface area contributed by atoms with E-state index in [2.05, 4.69) is 6.07 Å². The standard InChI is InChI=1S/C21H16FN2O2/c1-26-19-8-3-2-5-13(19)12-24-17-7-4-6-16(21(23)25)20(17)15-10-9-14(22)11-18(15)24/h2-9,11H,12H2,1H3,(H2,23,25). The first-order valence-electron chi connectivity index (χ1n) is 8.14. The molecule has 1 amide bonds. The Morgan fingerprint density at radius 3 is 2.77 bits per heavy atom. The predicted molar refractivity (Wildman–Crippen MR) is 98.9 cm³/mol. The van der Waals surface area contributed by atoms with Gasteiger partial charge in [-0.25, -0.2) is 4.39 Å². The van der Waals surface area contributed by atoms with Gasteiger partial charge in [-0.2, -0.15) is 0 Å². The first-order chi connectivity index (χ1) is 12.6. The highest BCUT2D eigenvalue weighted by Gasteiger charge is 2.18. The van der Waals surface area contributed by atoms with E-state index in [9.17, 15) is 9.18 Å². The van der Waals surface area contributed by atoms with Crippen molar-refractivity contribution in [2.75, 3.05) is 7.11 Å². The Morgan fingerprint density at radius 2 is 2.00 bits per heavy atom. The van der Waals surface area contributed by atoms with Crippen LogP contribution < -0.4 is 10.5 Å². The lowest BCUT2D eigenvalue weighted by Gasteiger charge is -2.11. The Balaban J connectivity index is 2.05. The van der Waals surface area contributed by atoms with Gasteiger partial charge in [-0.3, -0.25) is 4.79 Å². The number of halogens is 1. The minimum atomic E-state index is -0.523. The monoisotopic (exact) mass is 347 g/mol. The summed E-state index contributed by atoms with van der Waals surface area (Å²) >= 11 is 0. The minimum absolute atomic E-state index is 0.387. The topological polar surface area (TPSA) is 57.2 Å². The average molecular weight is 347 g/mol. The van der Waals surface area contributed by atoms with Gasteiger partial charge in [0.1, 0.15) is 11.6 Å². The summed E-state index contributed by atoms with van der Waals surface area (Å²) in [6.07, 6.45) is 0. The summed E-state index contributed by atoms with van der Waals surface area (Å²) in [4.78, 5) is 11.9. The number of primary amides is 1. The molecule has 0 aliphatic rings. The van der Waals surface area contributed by atoms with Gasteiger partial charge in [-0.15, -0.1) is 0 Å². The highest BCUT2D eigenvalue weighted by Crippen LogP contribution is 2.33. The van der Waals surface area contributed by atoms with Crippen molar-refractivity contribution in [1.29, 1.82) is 0 Å². The SMILES string of the molecule is COc1ccccc1Cn1c2cc(F)c[c]c2c2c(C(N)=O)cccc21. The van der Waals surface area contributed by atoms with Crippen molar-refractivity contribution in [2.24, 2.45) is 5.73 Å². The van der Waals surface area contributed by atoms with Gasteiger partial charge in [0.05, 0.1) is 24.7 Å². The molecule has 0 saturated heterocycles. The number of carbonyl (C=O) groups is 1. The van der Waals surface area contributed by atoms with Gasteiger partial charge in [0.15, 0.2) is 0 Å². The molecule has 3 aromatic carbocycles. The number of nitrogens with zero attached hydrogens (tertiary/aromatic N) is 1. The zero-order chi connectivity index (χ0) is 18.3. The predicted octanol–water partition coefficient (Wildman–Crippen LogP) is 3.89. The van der Waals surface area contributed by atoms with Crippen molar-refractivity contribution in [3.05, 3.63) is 77.6 Å². The normalized spacial score (nSPS) is 11.2. The summed E-state index contributed by atoms with van der Waals surface area (Å²) in [6.45, 7) is 0.462. The molecule has 0 saturated carbocycles. The van der Waals surface area contributed by atoms with E-state index in [0.717, 1.165) is 16.8 Å². The second-order valence-electron chi connectivity index (χ2n) is 6.04. The van der Waals surface area contributed by atoms with E-state index in [4.69, 9.17) is 10.5 Å². The quantitative estimate of drug-likeness (QED) is 0.609. The third kappa shape index (κ3) is 2.49. The number of hydrogen-bond acceptors (Lipinski definition) is 2. The fourth-order valence-electron chi connectivity index (χ4n) is 3.41. The number of aromatic nitrogens is 1. The molecule has 0 atom stereocenters. The van der Waals surface area contributed by atoms with E-state index < -0.39 is 5.91 Å². The fraction of sp³-hybridized carbons (Fsp3) is 0.0952. The molecule has 0 aliphatic carbocycles. The Bertz CT molecular complexity index is 1150. The van der Waals surface area contributed by atoms with Gasteiger partial charge in [0.2, 0.25) is 5.91 Å². The summed E-state index contributed by atoms with van der Waals surface area (Å²) in [7, 11) is 1.61. The van der Waals surface area contributed by atoms with Crippen molar-refractivity contribution in [2.45, 2.75) is 6.54 Å². The van der Waals surface area contributed by atoms with Crippen molar-refractivity contribution in [1.82, 2.24) is 4.57 Å². The molecule has 26 heavy (non-hydrogen) atoms. The molecule has 1 radical (unpaired) electrons. The van der Waals surface area contributed by atoms with E-state index in [1.165, 1.54) is 12.1 Å². The zero-order valence-corrected chi connectivity index (χ0v) is 14.1. The van der Waals surface area contributed by atoms with Crippen LogP contribution in [0.1, 0.15) is 15.9 Å². The number of benzene rings is 3. The fourth-order valence-corrected chi connectivity index (χ4v) is 3.41. The van der Waals surface area contributed by atoms with Crippen molar-refractivity contribution in [3.8, 4) is 5.75 Å². The van der Waals surface area contributed by atoms with Crippen LogP contribution in [0.4, 0.5) is 4.39 Å². The summed E-state index contributed by atoms with van der Waals surface area (Å²) in [6, 6.07) is 18.7. The van der Waals surface area contributed by atoms with Crippen LogP contribution in [0.5, 0.6) is 5.75 Å². The van der Waals surface area contributed by atoms with Crippen LogP contribution in [0.3, 0.4) is 0 Å². The number of hydrogen-bond donors (Lipinski definition) is 1. The largest absolute Gasteiger partial charge is 0.496 e. The van der Waals surface area contributed by atoms with Gasteiger partial charge < -0.3 is 15.0 Å². The average Bonchev–Trinajstić information content (AvgIpc) is 2.95. The van der Waals surface area contributed by atoms with Crippen LogP contribution in [0, 0.1) is 11.9 Å². The van der Waals surface area contributed by atoms with E-state index >= 15 is 0 Å². The van der Waals surface area contributed by atoms with Crippen LogP contribution in [-0.2, 0) is 6.54 Å². The van der Waals surface area contributed by atoms with Crippen LogP contribution >= 0.6 is 0 Å². The maximum Gasteiger partial charge on any atom is 0.249 e. The Labute approximate surface area is 149 Å². The number of amides is 1. The molecule has 4 rings (SSSR count). The molecule has 129 valence electrons. The molecular weight excluding hydrogens is 331 g/mol. The molecule has 2 N–H and O–H groups in total. The molecule has 0 aliphatic heterocycles. The Kier molecular flexibility index (Phi) is 3.84. The zero-order valence-electron chi connectivity index (χ0n) is 14.1. The van der Waals surface area contributed by atoms with Gasteiger partial charge in [0.25, 0.3) is 0 Å². The summed E-state index contributed by atoms with van der Waals surface area (Å²) in [5.74, 6) is -0.166. The maximum atomic E-state index is 13.9. The lowest BCUT2D eigenvalue weighted by atomic mass is 10.1. The molecule has 0 unspecified atom stereocenters. The summed E-state index contributed by atoms with van der Waals surface area (Å²) < 4.78 is 21.3. The lowest BCUT2D eigenvalue weighted by molar-refractivity contribution is 0.100. The molecule has 5 heteroatoms. The molecule has 1 heterocycles. The molecule has 0 fully saturated rings. The highest BCUT2D eigenvalue weighted by atomic mass is 19.1. The highest BCUT2D eigenvalue weighted by molar-refractivity contribution is 6.17. The summed E-state index contributed by atoms with van der Waals surface area (Å²) in [5.41, 5.74) is 8.34. The smallest absolute Gasteiger partial charge is 0.249 e. The van der Waals surface area contributed by atoms with Crippen LogP contribution in [0.15, 0.2) is 54.6 Å². The molecule has 0 bridgehead atoms. The van der Waals surface area contributed by atoms with Gasteiger partial charge in [0, 0.05) is 21.9 Å². The number of methoxy groups -OCH3 is 1. The lowest BCUT2D eigenvalue weighted by Crippen LogP contribution is -2.11. The second kappa shape index (κ2) is 6.19. The van der Waals surface area contributed by atoms with Gasteiger partial charge >= 0.3 is 0 Å². The van der Waals surface area contributed by atoms with Crippen molar-refractivity contribution >= 4 is 27.7 Å². The number of para-hydroxylation sites is 1. The second-order valence-corrected chi connectivity index (χ2v) is 6.04. The van der Waals surface area contributed by atoms with Crippen LogP contribution in [0.25, 0.3) is 21.8 Å². The minimum Gasteiger partial charge on any atom is -0.496 e. The number of ether oxygens (including phenoxy) is 1. The molecular formula is C21H16FN2O2.